The summed E-state index contributed by atoms with van der Waals surface area (Å²) in [6.07, 6.45) is 4.72. The zero-order chi connectivity index (χ0) is 13.8. The Morgan fingerprint density at radius 1 is 1.37 bits per heavy atom. The average Bonchev–Trinajstić information content (AvgIpc) is 2.41. The highest BCUT2D eigenvalue weighted by Crippen LogP contribution is 2.31. The van der Waals surface area contributed by atoms with Crippen LogP contribution in [0.2, 0.25) is 0 Å². The smallest absolute Gasteiger partial charge is 0.174 e. The SMILES string of the molecule is CC1CCC(Oc2cccc(Br)c2/C(N)=N/O)CC1. The molecule has 0 atom stereocenters. The Labute approximate surface area is 121 Å². The van der Waals surface area contributed by atoms with Crippen molar-refractivity contribution in [3.63, 3.8) is 0 Å². The van der Waals surface area contributed by atoms with E-state index in [1.807, 2.05) is 18.2 Å². The van der Waals surface area contributed by atoms with E-state index >= 15 is 0 Å². The quantitative estimate of drug-likeness (QED) is 0.386. The van der Waals surface area contributed by atoms with Crippen molar-refractivity contribution < 1.29 is 9.94 Å². The van der Waals surface area contributed by atoms with Crippen LogP contribution in [-0.2, 0) is 0 Å². The molecular weight excluding hydrogens is 308 g/mol. The van der Waals surface area contributed by atoms with Crippen LogP contribution in [0.1, 0.15) is 38.2 Å². The van der Waals surface area contributed by atoms with Crippen molar-refractivity contribution in [2.24, 2.45) is 16.8 Å². The molecule has 19 heavy (non-hydrogen) atoms. The largest absolute Gasteiger partial charge is 0.490 e. The summed E-state index contributed by atoms with van der Waals surface area (Å²) in [6, 6.07) is 5.60. The number of halogens is 1. The predicted molar refractivity (Wildman–Crippen MR) is 78.7 cm³/mol. The highest BCUT2D eigenvalue weighted by Gasteiger charge is 2.21. The first-order chi connectivity index (χ1) is 9.11. The van der Waals surface area contributed by atoms with Gasteiger partial charge in [-0.25, -0.2) is 0 Å². The fourth-order valence-electron chi connectivity index (χ4n) is 2.43. The van der Waals surface area contributed by atoms with Gasteiger partial charge in [-0.15, -0.1) is 0 Å². The van der Waals surface area contributed by atoms with Crippen LogP contribution in [0.25, 0.3) is 0 Å². The molecule has 0 radical (unpaired) electrons. The normalized spacial score (nSPS) is 24.2. The van der Waals surface area contributed by atoms with E-state index < -0.39 is 0 Å². The van der Waals surface area contributed by atoms with Gasteiger partial charge in [-0.05, 0) is 59.7 Å². The van der Waals surface area contributed by atoms with Crippen LogP contribution < -0.4 is 10.5 Å². The monoisotopic (exact) mass is 326 g/mol. The molecule has 0 saturated heterocycles. The zero-order valence-corrected chi connectivity index (χ0v) is 12.6. The van der Waals surface area contributed by atoms with Gasteiger partial charge < -0.3 is 15.7 Å². The lowest BCUT2D eigenvalue weighted by Crippen LogP contribution is -2.25. The highest BCUT2D eigenvalue weighted by molar-refractivity contribution is 9.10. The molecule has 1 aliphatic carbocycles. The molecule has 0 amide bonds. The molecule has 5 heteroatoms. The summed E-state index contributed by atoms with van der Waals surface area (Å²) in [7, 11) is 0. The van der Waals surface area contributed by atoms with E-state index in [2.05, 4.69) is 28.0 Å². The highest BCUT2D eigenvalue weighted by atomic mass is 79.9. The molecule has 0 spiro atoms. The summed E-state index contributed by atoms with van der Waals surface area (Å²) in [5.74, 6) is 1.52. The lowest BCUT2D eigenvalue weighted by atomic mass is 9.89. The fraction of sp³-hybridized carbons (Fsp3) is 0.500. The van der Waals surface area contributed by atoms with Gasteiger partial charge in [0, 0.05) is 4.47 Å². The number of hydrogen-bond acceptors (Lipinski definition) is 3. The fourth-order valence-corrected chi connectivity index (χ4v) is 2.98. The van der Waals surface area contributed by atoms with Gasteiger partial charge in [0.1, 0.15) is 5.75 Å². The molecule has 3 N–H and O–H groups in total. The molecule has 1 aromatic rings. The molecule has 0 unspecified atom stereocenters. The first kappa shape index (κ1) is 14.2. The maximum absolute atomic E-state index is 8.86. The summed E-state index contributed by atoms with van der Waals surface area (Å²) in [5, 5.41) is 11.9. The van der Waals surface area contributed by atoms with E-state index in [-0.39, 0.29) is 11.9 Å². The summed E-state index contributed by atoms with van der Waals surface area (Å²) in [5.41, 5.74) is 6.33. The molecule has 104 valence electrons. The second kappa shape index (κ2) is 6.28. The van der Waals surface area contributed by atoms with Gasteiger partial charge in [-0.2, -0.15) is 0 Å². The van der Waals surface area contributed by atoms with E-state index in [0.29, 0.717) is 11.3 Å². The molecule has 1 aliphatic rings. The summed E-state index contributed by atoms with van der Waals surface area (Å²) in [6.45, 7) is 2.27. The lowest BCUT2D eigenvalue weighted by Gasteiger charge is -2.27. The van der Waals surface area contributed by atoms with Crippen LogP contribution >= 0.6 is 15.9 Å². The third-order valence-corrected chi connectivity index (χ3v) is 4.26. The van der Waals surface area contributed by atoms with Crippen LogP contribution in [0.3, 0.4) is 0 Å². The Bertz CT molecular complexity index is 469. The Morgan fingerprint density at radius 3 is 2.68 bits per heavy atom. The minimum Gasteiger partial charge on any atom is -0.490 e. The van der Waals surface area contributed by atoms with Crippen molar-refractivity contribution in [1.29, 1.82) is 0 Å². The molecule has 0 bridgehead atoms. The minimum absolute atomic E-state index is 0.0617. The number of oxime groups is 1. The number of amidine groups is 1. The average molecular weight is 327 g/mol. The van der Waals surface area contributed by atoms with E-state index in [4.69, 9.17) is 15.7 Å². The van der Waals surface area contributed by atoms with E-state index in [1.54, 1.807) is 0 Å². The third kappa shape index (κ3) is 3.41. The van der Waals surface area contributed by atoms with Crippen LogP contribution in [0.4, 0.5) is 0 Å². The van der Waals surface area contributed by atoms with Crippen molar-refractivity contribution in [1.82, 2.24) is 0 Å². The van der Waals surface area contributed by atoms with Crippen molar-refractivity contribution in [3.8, 4) is 5.75 Å². The first-order valence-corrected chi connectivity index (χ1v) is 7.34. The molecular formula is C14H19BrN2O2. The number of nitrogens with two attached hydrogens (primary N) is 1. The van der Waals surface area contributed by atoms with Gasteiger partial charge in [0.25, 0.3) is 0 Å². The van der Waals surface area contributed by atoms with Crippen LogP contribution in [-0.4, -0.2) is 17.1 Å². The Kier molecular flexibility index (Phi) is 4.69. The summed E-state index contributed by atoms with van der Waals surface area (Å²) in [4.78, 5) is 0. The molecule has 1 saturated carbocycles. The van der Waals surface area contributed by atoms with Gasteiger partial charge in [0.2, 0.25) is 0 Å². The summed E-state index contributed by atoms with van der Waals surface area (Å²) >= 11 is 3.41. The van der Waals surface area contributed by atoms with Gasteiger partial charge in [-0.3, -0.25) is 0 Å². The number of rotatable bonds is 3. The molecule has 0 aliphatic heterocycles. The first-order valence-electron chi connectivity index (χ1n) is 6.55. The van der Waals surface area contributed by atoms with Gasteiger partial charge >= 0.3 is 0 Å². The van der Waals surface area contributed by atoms with Gasteiger partial charge in [0.05, 0.1) is 11.7 Å². The minimum atomic E-state index is 0.0617. The Morgan fingerprint density at radius 2 is 2.05 bits per heavy atom. The van der Waals surface area contributed by atoms with Crippen molar-refractivity contribution in [2.75, 3.05) is 0 Å². The third-order valence-electron chi connectivity index (χ3n) is 3.60. The van der Waals surface area contributed by atoms with Crippen molar-refractivity contribution in [2.45, 2.75) is 38.7 Å². The molecule has 4 nitrogen and oxygen atoms in total. The van der Waals surface area contributed by atoms with Crippen LogP contribution in [0.15, 0.2) is 27.8 Å². The van der Waals surface area contributed by atoms with Crippen LogP contribution in [0.5, 0.6) is 5.75 Å². The molecule has 2 rings (SSSR count). The summed E-state index contributed by atoms with van der Waals surface area (Å²) < 4.78 is 6.80. The van der Waals surface area contributed by atoms with Crippen molar-refractivity contribution in [3.05, 3.63) is 28.2 Å². The number of benzene rings is 1. The predicted octanol–water partition coefficient (Wildman–Crippen LogP) is 3.50. The van der Waals surface area contributed by atoms with Crippen molar-refractivity contribution >= 4 is 21.8 Å². The molecule has 1 fully saturated rings. The number of ether oxygens (including phenoxy) is 1. The second-order valence-electron chi connectivity index (χ2n) is 5.10. The van der Waals surface area contributed by atoms with E-state index in [0.717, 1.165) is 23.2 Å². The van der Waals surface area contributed by atoms with Gasteiger partial charge in [-0.1, -0.05) is 18.1 Å². The topological polar surface area (TPSA) is 67.8 Å². The van der Waals surface area contributed by atoms with E-state index in [1.165, 1.54) is 12.8 Å². The molecule has 1 aromatic carbocycles. The Hall–Kier alpha value is -1.23. The standard InChI is InChI=1S/C14H19BrN2O2/c1-9-5-7-10(8-6-9)19-12-4-2-3-11(15)13(12)14(16)17-18/h2-4,9-10,18H,5-8H2,1H3,(H2,16,17). The molecule has 0 aromatic heterocycles. The second-order valence-corrected chi connectivity index (χ2v) is 5.95. The van der Waals surface area contributed by atoms with E-state index in [9.17, 15) is 0 Å². The lowest BCUT2D eigenvalue weighted by molar-refractivity contribution is 0.135. The van der Waals surface area contributed by atoms with Crippen LogP contribution in [0, 0.1) is 5.92 Å². The Balaban J connectivity index is 2.18. The molecule has 0 heterocycles. The maximum atomic E-state index is 8.86. The maximum Gasteiger partial charge on any atom is 0.174 e. The zero-order valence-electron chi connectivity index (χ0n) is 11.0. The number of nitrogens with zero attached hydrogens (tertiary/aromatic N) is 1. The van der Waals surface area contributed by atoms with Gasteiger partial charge in [0.15, 0.2) is 5.84 Å². The number of hydrogen-bond donors (Lipinski definition) is 2.